The predicted octanol–water partition coefficient (Wildman–Crippen LogP) is 3.81. The molecule has 1 N–H and O–H groups in total. The van der Waals surface area contributed by atoms with Gasteiger partial charge in [0.05, 0.1) is 10.7 Å². The summed E-state index contributed by atoms with van der Waals surface area (Å²) < 4.78 is 1.62. The number of aryl methyl sites for hydroxylation is 1. The molecule has 1 saturated heterocycles. The van der Waals surface area contributed by atoms with Gasteiger partial charge in [0.25, 0.3) is 0 Å². The van der Waals surface area contributed by atoms with Crippen LogP contribution in [0.2, 0.25) is 5.02 Å². The van der Waals surface area contributed by atoms with Gasteiger partial charge in [-0.3, -0.25) is 14.6 Å². The van der Waals surface area contributed by atoms with Gasteiger partial charge in [-0.25, -0.2) is 4.68 Å². The maximum absolute atomic E-state index is 13.4. The van der Waals surface area contributed by atoms with Crippen LogP contribution in [0.1, 0.15) is 44.0 Å². The Bertz CT molecular complexity index is 1160. The van der Waals surface area contributed by atoms with Crippen molar-refractivity contribution in [3.8, 4) is 11.1 Å². The summed E-state index contributed by atoms with van der Waals surface area (Å²) in [6.07, 6.45) is 6.61. The second-order valence-electron chi connectivity index (χ2n) is 8.99. The number of amides is 2. The zero-order valence-corrected chi connectivity index (χ0v) is 20.4. The minimum atomic E-state index is -0.485. The summed E-state index contributed by atoms with van der Waals surface area (Å²) in [6, 6.07) is 8.63. The number of nitrogens with zero attached hydrogens (tertiary/aromatic N) is 5. The van der Waals surface area contributed by atoms with Crippen LogP contribution in [0.4, 0.5) is 0 Å². The summed E-state index contributed by atoms with van der Waals surface area (Å²) in [5.74, 6) is -0.206. The Hall–Kier alpha value is -3.26. The first-order valence-corrected chi connectivity index (χ1v) is 11.9. The second-order valence-corrected chi connectivity index (χ2v) is 9.40. The number of halogens is 1. The lowest BCUT2D eigenvalue weighted by atomic mass is 10.0. The monoisotopic (exact) mass is 480 g/mol. The minimum Gasteiger partial charge on any atom is -0.350 e. The molecule has 1 aliphatic rings. The molecule has 2 amide bonds. The summed E-state index contributed by atoms with van der Waals surface area (Å²) in [5, 5.41) is 11.8. The van der Waals surface area contributed by atoms with Crippen molar-refractivity contribution in [2.75, 3.05) is 6.54 Å². The molecule has 0 aliphatic carbocycles. The van der Waals surface area contributed by atoms with E-state index in [1.807, 2.05) is 45.0 Å². The number of aromatic nitrogens is 4. The van der Waals surface area contributed by atoms with Crippen LogP contribution in [-0.2, 0) is 16.1 Å². The predicted molar refractivity (Wildman–Crippen MR) is 130 cm³/mol. The highest BCUT2D eigenvalue weighted by molar-refractivity contribution is 6.33. The maximum atomic E-state index is 13.4. The van der Waals surface area contributed by atoms with E-state index in [1.54, 1.807) is 34.2 Å². The lowest BCUT2D eigenvalue weighted by molar-refractivity contribution is -0.142. The van der Waals surface area contributed by atoms with Gasteiger partial charge in [-0.15, -0.1) is 5.10 Å². The molecule has 2 aromatic heterocycles. The van der Waals surface area contributed by atoms with E-state index in [9.17, 15) is 9.59 Å². The quantitative estimate of drug-likeness (QED) is 0.555. The van der Waals surface area contributed by atoms with Gasteiger partial charge < -0.3 is 10.2 Å². The maximum Gasteiger partial charge on any atom is 0.248 e. The van der Waals surface area contributed by atoms with E-state index in [0.717, 1.165) is 28.8 Å². The van der Waals surface area contributed by atoms with Crippen molar-refractivity contribution in [2.24, 2.45) is 5.92 Å². The van der Waals surface area contributed by atoms with Crippen LogP contribution < -0.4 is 5.32 Å². The van der Waals surface area contributed by atoms with E-state index in [1.165, 1.54) is 0 Å². The zero-order valence-electron chi connectivity index (χ0n) is 19.6. The number of hydrogen-bond donors (Lipinski definition) is 1. The first-order valence-electron chi connectivity index (χ1n) is 11.5. The highest BCUT2D eigenvalue weighted by Crippen LogP contribution is 2.28. The fourth-order valence-corrected chi connectivity index (χ4v) is 4.59. The van der Waals surface area contributed by atoms with Gasteiger partial charge >= 0.3 is 0 Å². The van der Waals surface area contributed by atoms with Crippen LogP contribution in [0.15, 0.2) is 48.9 Å². The normalized spacial score (nSPS) is 16.6. The molecule has 2 atom stereocenters. The van der Waals surface area contributed by atoms with Crippen LogP contribution in [0.25, 0.3) is 11.1 Å². The number of carbonyl (C=O) groups is 2. The van der Waals surface area contributed by atoms with E-state index < -0.39 is 12.1 Å². The average Bonchev–Trinajstić information content (AvgIpc) is 3.47. The zero-order chi connectivity index (χ0) is 24.2. The fraction of sp³-hybridized carbons (Fsp3) is 0.400. The molecule has 178 valence electrons. The van der Waals surface area contributed by atoms with Crippen molar-refractivity contribution in [3.05, 3.63) is 65.2 Å². The molecule has 3 heterocycles. The summed E-state index contributed by atoms with van der Waals surface area (Å²) in [5.41, 5.74) is 3.54. The van der Waals surface area contributed by atoms with E-state index in [0.29, 0.717) is 24.5 Å². The smallest absolute Gasteiger partial charge is 0.248 e. The third-order valence-corrected chi connectivity index (χ3v) is 6.46. The van der Waals surface area contributed by atoms with Crippen molar-refractivity contribution in [2.45, 2.75) is 52.2 Å². The Kier molecular flexibility index (Phi) is 7.26. The van der Waals surface area contributed by atoms with Crippen LogP contribution >= 0.6 is 11.6 Å². The molecule has 8 nitrogen and oxygen atoms in total. The molecular weight excluding hydrogens is 452 g/mol. The first kappa shape index (κ1) is 23.9. The molecule has 0 saturated carbocycles. The lowest BCUT2D eigenvalue weighted by Gasteiger charge is -2.29. The molecule has 0 bridgehead atoms. The fourth-order valence-electron chi connectivity index (χ4n) is 4.38. The largest absolute Gasteiger partial charge is 0.350 e. The van der Waals surface area contributed by atoms with Gasteiger partial charge in [0.2, 0.25) is 11.8 Å². The van der Waals surface area contributed by atoms with Gasteiger partial charge in [0, 0.05) is 37.2 Å². The molecule has 0 radical (unpaired) electrons. The van der Waals surface area contributed by atoms with E-state index in [4.69, 9.17) is 11.6 Å². The number of likely N-dealkylation sites (tertiary alicyclic amines) is 1. The van der Waals surface area contributed by atoms with E-state index in [2.05, 4.69) is 20.6 Å². The second kappa shape index (κ2) is 10.3. The van der Waals surface area contributed by atoms with Gasteiger partial charge in [-0.05, 0) is 42.9 Å². The molecule has 1 fully saturated rings. The van der Waals surface area contributed by atoms with Crippen LogP contribution in [0.3, 0.4) is 0 Å². The third kappa shape index (κ3) is 5.12. The van der Waals surface area contributed by atoms with Gasteiger partial charge in [0.15, 0.2) is 0 Å². The Balaban J connectivity index is 1.40. The van der Waals surface area contributed by atoms with E-state index >= 15 is 0 Å². The van der Waals surface area contributed by atoms with Crippen molar-refractivity contribution < 1.29 is 9.59 Å². The van der Waals surface area contributed by atoms with Gasteiger partial charge in [-0.2, -0.15) is 0 Å². The summed E-state index contributed by atoms with van der Waals surface area (Å²) in [6.45, 7) is 6.75. The Labute approximate surface area is 204 Å². The first-order chi connectivity index (χ1) is 16.3. The molecule has 3 aromatic rings. The Morgan fingerprint density at radius 2 is 1.97 bits per heavy atom. The molecule has 34 heavy (non-hydrogen) atoms. The molecule has 1 aromatic carbocycles. The molecule has 9 heteroatoms. The van der Waals surface area contributed by atoms with Crippen molar-refractivity contribution in [1.82, 2.24) is 30.2 Å². The Morgan fingerprint density at radius 1 is 1.21 bits per heavy atom. The molecule has 1 aliphatic heterocycles. The summed E-state index contributed by atoms with van der Waals surface area (Å²) in [7, 11) is 0. The number of rotatable bonds is 7. The Morgan fingerprint density at radius 3 is 2.62 bits per heavy atom. The number of nitrogens with one attached hydrogen (secondary N) is 1. The average molecular weight is 481 g/mol. The van der Waals surface area contributed by atoms with Gasteiger partial charge in [-0.1, -0.05) is 54.9 Å². The van der Waals surface area contributed by atoms with Gasteiger partial charge in [0.1, 0.15) is 12.1 Å². The van der Waals surface area contributed by atoms with E-state index in [-0.39, 0.29) is 17.7 Å². The van der Waals surface area contributed by atoms with Crippen LogP contribution in [0.5, 0.6) is 0 Å². The minimum absolute atomic E-state index is 0.0183. The number of carbonyl (C=O) groups excluding carboxylic acids is 2. The van der Waals surface area contributed by atoms with Crippen molar-refractivity contribution in [1.29, 1.82) is 0 Å². The molecular formula is C25H29ClN6O2. The summed E-state index contributed by atoms with van der Waals surface area (Å²) in [4.78, 5) is 32.3. The lowest BCUT2D eigenvalue weighted by Crippen LogP contribution is -2.48. The SMILES string of the molecule is Cc1cn(C(C(=O)N2CCCC2C(=O)NCc2ccc(-c3cnccc3Cl)cc2)C(C)C)nn1. The number of pyridine rings is 1. The molecule has 4 rings (SSSR count). The molecule has 0 spiro atoms. The number of hydrogen-bond acceptors (Lipinski definition) is 5. The highest BCUT2D eigenvalue weighted by atomic mass is 35.5. The van der Waals surface area contributed by atoms with Crippen molar-refractivity contribution >= 4 is 23.4 Å². The third-order valence-electron chi connectivity index (χ3n) is 6.13. The summed E-state index contributed by atoms with van der Waals surface area (Å²) >= 11 is 6.26. The number of benzene rings is 1. The topological polar surface area (TPSA) is 93.0 Å². The highest BCUT2D eigenvalue weighted by Gasteiger charge is 2.39. The van der Waals surface area contributed by atoms with Crippen LogP contribution in [-0.4, -0.2) is 49.3 Å². The molecule has 2 unspecified atom stereocenters. The van der Waals surface area contributed by atoms with Crippen LogP contribution in [0, 0.1) is 12.8 Å². The standard InChI is InChI=1S/C25H29ClN6O2/c1-16(2)23(32-15-17(3)29-30-32)25(34)31-12-4-5-22(31)24(33)28-13-18-6-8-19(9-7-18)20-14-27-11-10-21(20)26/h6-11,14-16,22-23H,4-5,12-13H2,1-3H3,(H,28,33). The van der Waals surface area contributed by atoms with Crippen molar-refractivity contribution in [3.63, 3.8) is 0 Å².